The summed E-state index contributed by atoms with van der Waals surface area (Å²) in [4.78, 5) is 12.3. The van der Waals surface area contributed by atoms with E-state index in [4.69, 9.17) is 19.6 Å². The predicted octanol–water partition coefficient (Wildman–Crippen LogP) is 3.18. The molecule has 1 aromatic heterocycles. The van der Waals surface area contributed by atoms with E-state index in [0.29, 0.717) is 36.0 Å². The Balaban J connectivity index is 0.00000208. The van der Waals surface area contributed by atoms with E-state index in [0.717, 1.165) is 10.0 Å². The third kappa shape index (κ3) is 3.85. The summed E-state index contributed by atoms with van der Waals surface area (Å²) in [6.45, 7) is 3.22. The Morgan fingerprint density at radius 1 is 1.29 bits per heavy atom. The van der Waals surface area contributed by atoms with Gasteiger partial charge in [0.15, 0.2) is 11.5 Å². The molecule has 1 unspecified atom stereocenters. The predicted molar refractivity (Wildman–Crippen MR) is 94.9 cm³/mol. The molecule has 24 heavy (non-hydrogen) atoms. The van der Waals surface area contributed by atoms with Crippen LogP contribution in [-0.2, 0) is 6.54 Å². The third-order valence-electron chi connectivity index (χ3n) is 3.59. The van der Waals surface area contributed by atoms with Crippen molar-refractivity contribution in [2.75, 3.05) is 13.2 Å². The largest absolute Gasteiger partial charge is 0.486 e. The molecule has 1 amide bonds. The van der Waals surface area contributed by atoms with Crippen LogP contribution in [0.25, 0.3) is 0 Å². The van der Waals surface area contributed by atoms with Crippen molar-refractivity contribution in [3.8, 4) is 11.5 Å². The smallest absolute Gasteiger partial charge is 0.255 e. The molecule has 3 N–H and O–H groups in total. The van der Waals surface area contributed by atoms with Crippen LogP contribution >= 0.6 is 28.3 Å². The quantitative estimate of drug-likeness (QED) is 0.798. The van der Waals surface area contributed by atoms with Crippen LogP contribution < -0.4 is 20.5 Å². The molecule has 1 atom stereocenters. The van der Waals surface area contributed by atoms with E-state index in [1.165, 1.54) is 6.26 Å². The number of rotatable bonds is 4. The summed E-state index contributed by atoms with van der Waals surface area (Å²) in [5.74, 6) is 1.74. The van der Waals surface area contributed by atoms with Crippen LogP contribution in [0.2, 0.25) is 0 Å². The van der Waals surface area contributed by atoms with Gasteiger partial charge in [-0.05, 0) is 30.7 Å². The first kappa shape index (κ1) is 18.6. The van der Waals surface area contributed by atoms with E-state index in [1.54, 1.807) is 6.07 Å². The summed E-state index contributed by atoms with van der Waals surface area (Å²) >= 11 is 3.52. The Bertz CT molecular complexity index is 735. The maximum absolute atomic E-state index is 12.3. The van der Waals surface area contributed by atoms with Crippen molar-refractivity contribution in [1.29, 1.82) is 0 Å². The van der Waals surface area contributed by atoms with E-state index in [2.05, 4.69) is 21.2 Å². The van der Waals surface area contributed by atoms with Gasteiger partial charge in [0, 0.05) is 4.47 Å². The standard InChI is InChI=1S/C16H17BrN2O4.ClH/c1-9(19-16(20)10-4-11(7-18)23-8-10)12-5-14-15(6-13(12)17)22-3-2-21-14;/h4-6,8-9H,2-3,7,18H2,1H3,(H,19,20);1H. The third-order valence-corrected chi connectivity index (χ3v) is 4.28. The van der Waals surface area contributed by atoms with Gasteiger partial charge in [0.05, 0.1) is 18.2 Å². The maximum Gasteiger partial charge on any atom is 0.255 e. The second-order valence-electron chi connectivity index (χ2n) is 5.22. The average molecular weight is 418 g/mol. The van der Waals surface area contributed by atoms with Crippen LogP contribution in [0.15, 0.2) is 33.4 Å². The van der Waals surface area contributed by atoms with Crippen LogP contribution in [0.4, 0.5) is 0 Å². The number of benzene rings is 1. The summed E-state index contributed by atoms with van der Waals surface area (Å²) in [7, 11) is 0. The molecule has 0 fully saturated rings. The fourth-order valence-corrected chi connectivity index (χ4v) is 3.04. The highest BCUT2D eigenvalue weighted by Gasteiger charge is 2.20. The van der Waals surface area contributed by atoms with Gasteiger partial charge < -0.3 is 24.9 Å². The number of fused-ring (bicyclic) bond motifs is 1. The number of furan rings is 1. The average Bonchev–Trinajstić information content (AvgIpc) is 3.03. The second-order valence-corrected chi connectivity index (χ2v) is 6.07. The molecule has 1 aliphatic heterocycles. The number of amides is 1. The molecule has 130 valence electrons. The van der Waals surface area contributed by atoms with Crippen molar-refractivity contribution in [3.05, 3.63) is 45.8 Å². The normalized spacial score (nSPS) is 13.8. The summed E-state index contributed by atoms with van der Waals surface area (Å²) in [5.41, 5.74) is 6.84. The monoisotopic (exact) mass is 416 g/mol. The molecule has 0 spiro atoms. The number of carbonyl (C=O) groups is 1. The minimum absolute atomic E-state index is 0. The van der Waals surface area contributed by atoms with Crippen molar-refractivity contribution < 1.29 is 18.7 Å². The lowest BCUT2D eigenvalue weighted by Crippen LogP contribution is -2.26. The van der Waals surface area contributed by atoms with Crippen LogP contribution in [0.1, 0.15) is 34.6 Å². The van der Waals surface area contributed by atoms with E-state index < -0.39 is 0 Å². The molecule has 1 aromatic carbocycles. The van der Waals surface area contributed by atoms with Gasteiger partial charge in [0.25, 0.3) is 5.91 Å². The molecule has 8 heteroatoms. The molecule has 0 radical (unpaired) electrons. The molecule has 0 saturated heterocycles. The molecule has 2 heterocycles. The van der Waals surface area contributed by atoms with E-state index in [1.807, 2.05) is 19.1 Å². The zero-order valence-corrected chi connectivity index (χ0v) is 15.4. The molecule has 3 rings (SSSR count). The first-order valence-electron chi connectivity index (χ1n) is 7.26. The molecule has 2 aromatic rings. The number of halogens is 2. The molecule has 1 aliphatic rings. The maximum atomic E-state index is 12.3. The highest BCUT2D eigenvalue weighted by atomic mass is 79.9. The highest BCUT2D eigenvalue weighted by molar-refractivity contribution is 9.10. The molecule has 0 aliphatic carbocycles. The Hall–Kier alpha value is -1.70. The summed E-state index contributed by atoms with van der Waals surface area (Å²) < 4.78 is 17.2. The molecule has 0 saturated carbocycles. The minimum Gasteiger partial charge on any atom is -0.486 e. The molecule has 6 nitrogen and oxygen atoms in total. The topological polar surface area (TPSA) is 86.7 Å². The number of nitrogens with one attached hydrogen (secondary N) is 1. The summed E-state index contributed by atoms with van der Waals surface area (Å²) in [6, 6.07) is 5.16. The summed E-state index contributed by atoms with van der Waals surface area (Å²) in [5, 5.41) is 2.93. The van der Waals surface area contributed by atoms with Crippen LogP contribution in [0, 0.1) is 0 Å². The van der Waals surface area contributed by atoms with Crippen LogP contribution in [0.3, 0.4) is 0 Å². The van der Waals surface area contributed by atoms with Gasteiger partial charge in [-0.15, -0.1) is 12.4 Å². The zero-order valence-electron chi connectivity index (χ0n) is 13.0. The van der Waals surface area contributed by atoms with Crippen molar-refractivity contribution in [2.24, 2.45) is 5.73 Å². The lowest BCUT2D eigenvalue weighted by Gasteiger charge is -2.22. The number of nitrogens with two attached hydrogens (primary N) is 1. The Labute approximate surface area is 154 Å². The number of carbonyl (C=O) groups excluding carboxylic acids is 1. The SMILES string of the molecule is CC(NC(=O)c1coc(CN)c1)c1cc2c(cc1Br)OCCO2.Cl. The van der Waals surface area contributed by atoms with Crippen molar-refractivity contribution in [1.82, 2.24) is 5.32 Å². The summed E-state index contributed by atoms with van der Waals surface area (Å²) in [6.07, 6.45) is 1.41. The number of hydrogen-bond acceptors (Lipinski definition) is 5. The van der Waals surface area contributed by atoms with Gasteiger partial charge in [0.2, 0.25) is 0 Å². The first-order chi connectivity index (χ1) is 11.1. The van der Waals surface area contributed by atoms with E-state index in [9.17, 15) is 4.79 Å². The Morgan fingerprint density at radius 2 is 1.96 bits per heavy atom. The van der Waals surface area contributed by atoms with Gasteiger partial charge >= 0.3 is 0 Å². The molecular weight excluding hydrogens is 400 g/mol. The van der Waals surface area contributed by atoms with E-state index in [-0.39, 0.29) is 30.9 Å². The lowest BCUT2D eigenvalue weighted by atomic mass is 10.1. The highest BCUT2D eigenvalue weighted by Crippen LogP contribution is 2.37. The molecular formula is C16H18BrClN2O4. The lowest BCUT2D eigenvalue weighted by molar-refractivity contribution is 0.0939. The van der Waals surface area contributed by atoms with Gasteiger partial charge in [-0.2, -0.15) is 0 Å². The van der Waals surface area contributed by atoms with Crippen LogP contribution in [-0.4, -0.2) is 19.1 Å². The Kier molecular flexibility index (Phi) is 6.15. The van der Waals surface area contributed by atoms with Gasteiger partial charge in [-0.1, -0.05) is 15.9 Å². The molecule has 0 bridgehead atoms. The van der Waals surface area contributed by atoms with Crippen molar-refractivity contribution in [2.45, 2.75) is 19.5 Å². The first-order valence-corrected chi connectivity index (χ1v) is 8.05. The zero-order chi connectivity index (χ0) is 16.4. The van der Waals surface area contributed by atoms with Crippen molar-refractivity contribution >= 4 is 34.2 Å². The number of hydrogen-bond donors (Lipinski definition) is 2. The van der Waals surface area contributed by atoms with Gasteiger partial charge in [0.1, 0.15) is 25.2 Å². The van der Waals surface area contributed by atoms with Crippen LogP contribution in [0.5, 0.6) is 11.5 Å². The van der Waals surface area contributed by atoms with Crippen molar-refractivity contribution in [3.63, 3.8) is 0 Å². The van der Waals surface area contributed by atoms with Gasteiger partial charge in [-0.3, -0.25) is 4.79 Å². The second kappa shape index (κ2) is 7.92. The Morgan fingerprint density at radius 3 is 2.58 bits per heavy atom. The fourth-order valence-electron chi connectivity index (χ4n) is 2.38. The van der Waals surface area contributed by atoms with E-state index >= 15 is 0 Å². The minimum atomic E-state index is -0.220. The number of ether oxygens (including phenoxy) is 2. The van der Waals surface area contributed by atoms with Gasteiger partial charge in [-0.25, -0.2) is 0 Å². The fraction of sp³-hybridized carbons (Fsp3) is 0.312.